The number of ether oxygens (including phenoxy) is 1. The molecule has 1 N–H and O–H groups in total. The number of aryl methyl sites for hydroxylation is 1. The van der Waals surface area contributed by atoms with Gasteiger partial charge in [-0.1, -0.05) is 5.16 Å². The minimum atomic E-state index is -0.411. The lowest BCUT2D eigenvalue weighted by molar-refractivity contribution is 0.0600. The normalized spacial score (nSPS) is 17.2. The highest BCUT2D eigenvalue weighted by Gasteiger charge is 2.28. The van der Waals surface area contributed by atoms with Gasteiger partial charge in [0.2, 0.25) is 5.89 Å². The van der Waals surface area contributed by atoms with Crippen molar-refractivity contribution in [2.45, 2.75) is 25.7 Å². The van der Waals surface area contributed by atoms with Crippen LogP contribution in [0.1, 0.15) is 40.8 Å². The fourth-order valence-corrected chi connectivity index (χ4v) is 2.85. The lowest BCUT2D eigenvalue weighted by atomic mass is 9.98. The minimum absolute atomic E-state index is 0.0578. The molecule has 0 bridgehead atoms. The zero-order valence-corrected chi connectivity index (χ0v) is 14.2. The Bertz CT molecular complexity index is 756. The van der Waals surface area contributed by atoms with Crippen LogP contribution in [0.3, 0.4) is 0 Å². The van der Waals surface area contributed by atoms with E-state index in [9.17, 15) is 9.59 Å². The molecule has 8 heteroatoms. The largest absolute Gasteiger partial charge is 0.465 e. The van der Waals surface area contributed by atoms with Gasteiger partial charge < -0.3 is 19.5 Å². The van der Waals surface area contributed by atoms with Crippen LogP contribution < -0.4 is 5.32 Å². The second-order valence-corrected chi connectivity index (χ2v) is 5.96. The average Bonchev–Trinajstić information content (AvgIpc) is 3.08. The highest BCUT2D eigenvalue weighted by Crippen LogP contribution is 2.26. The van der Waals surface area contributed by atoms with Crippen molar-refractivity contribution in [3.8, 4) is 0 Å². The maximum absolute atomic E-state index is 12.5. The van der Waals surface area contributed by atoms with Crippen LogP contribution >= 0.6 is 0 Å². The Hall–Kier alpha value is -2.90. The van der Waals surface area contributed by atoms with E-state index in [1.54, 1.807) is 36.1 Å². The standard InChI is InChI=1S/C17H20N4O4/c1-11-18-15(25-20-11)13-4-3-9-21(10-13)17(23)19-14-7-5-12(6-8-14)16(22)24-2/h5-8,13H,3-4,9-10H2,1-2H3,(H,19,23)/t13-/m1/s1. The van der Waals surface area contributed by atoms with Crippen molar-refractivity contribution >= 4 is 17.7 Å². The number of likely N-dealkylation sites (tertiary alicyclic amines) is 1. The van der Waals surface area contributed by atoms with Crippen LogP contribution in [-0.2, 0) is 4.74 Å². The molecule has 1 fully saturated rings. The van der Waals surface area contributed by atoms with Crippen molar-refractivity contribution < 1.29 is 18.8 Å². The smallest absolute Gasteiger partial charge is 0.337 e. The summed E-state index contributed by atoms with van der Waals surface area (Å²) in [5.41, 5.74) is 1.05. The second kappa shape index (κ2) is 7.33. The van der Waals surface area contributed by atoms with E-state index >= 15 is 0 Å². The first-order valence-corrected chi connectivity index (χ1v) is 8.11. The molecule has 1 aromatic carbocycles. The molecule has 132 valence electrons. The van der Waals surface area contributed by atoms with E-state index in [1.807, 2.05) is 0 Å². The van der Waals surface area contributed by atoms with Crippen LogP contribution in [-0.4, -0.2) is 47.2 Å². The fraction of sp³-hybridized carbons (Fsp3) is 0.412. The van der Waals surface area contributed by atoms with Crippen molar-refractivity contribution in [3.05, 3.63) is 41.5 Å². The van der Waals surface area contributed by atoms with Gasteiger partial charge in [-0.2, -0.15) is 4.98 Å². The molecule has 2 amide bonds. The molecule has 0 spiro atoms. The number of piperidine rings is 1. The topological polar surface area (TPSA) is 97.6 Å². The quantitative estimate of drug-likeness (QED) is 0.860. The van der Waals surface area contributed by atoms with Gasteiger partial charge in [0.25, 0.3) is 0 Å². The van der Waals surface area contributed by atoms with Crippen molar-refractivity contribution in [2.24, 2.45) is 0 Å². The molecule has 1 saturated heterocycles. The number of amides is 2. The Balaban J connectivity index is 1.61. The van der Waals surface area contributed by atoms with Crippen molar-refractivity contribution in [2.75, 3.05) is 25.5 Å². The van der Waals surface area contributed by atoms with E-state index in [4.69, 9.17) is 4.52 Å². The molecule has 1 aliphatic rings. The van der Waals surface area contributed by atoms with Gasteiger partial charge in [-0.15, -0.1) is 0 Å². The lowest BCUT2D eigenvalue weighted by Gasteiger charge is -2.31. The first-order chi connectivity index (χ1) is 12.1. The van der Waals surface area contributed by atoms with E-state index < -0.39 is 5.97 Å². The minimum Gasteiger partial charge on any atom is -0.465 e. The summed E-state index contributed by atoms with van der Waals surface area (Å²) in [7, 11) is 1.33. The maximum atomic E-state index is 12.5. The Labute approximate surface area is 145 Å². The Morgan fingerprint density at radius 1 is 1.32 bits per heavy atom. The maximum Gasteiger partial charge on any atom is 0.337 e. The molecule has 1 aliphatic heterocycles. The summed E-state index contributed by atoms with van der Waals surface area (Å²) in [5.74, 6) is 0.828. The lowest BCUT2D eigenvalue weighted by Crippen LogP contribution is -2.41. The van der Waals surface area contributed by atoms with Gasteiger partial charge in [-0.05, 0) is 44.0 Å². The van der Waals surface area contributed by atoms with Crippen LogP contribution in [0.5, 0.6) is 0 Å². The molecule has 25 heavy (non-hydrogen) atoms. The molecule has 2 aromatic rings. The first kappa shape index (κ1) is 16.9. The van der Waals surface area contributed by atoms with Crippen molar-refractivity contribution in [3.63, 3.8) is 0 Å². The number of anilines is 1. The average molecular weight is 344 g/mol. The highest BCUT2D eigenvalue weighted by molar-refractivity contribution is 5.92. The van der Waals surface area contributed by atoms with E-state index in [2.05, 4.69) is 20.2 Å². The molecule has 2 heterocycles. The molecule has 1 atom stereocenters. The predicted octanol–water partition coefficient (Wildman–Crippen LogP) is 2.58. The zero-order valence-electron chi connectivity index (χ0n) is 14.2. The number of rotatable bonds is 3. The Morgan fingerprint density at radius 3 is 2.72 bits per heavy atom. The van der Waals surface area contributed by atoms with Crippen LogP contribution in [0.4, 0.5) is 10.5 Å². The number of esters is 1. The number of nitrogens with zero attached hydrogens (tertiary/aromatic N) is 3. The van der Waals surface area contributed by atoms with Gasteiger partial charge in [0.15, 0.2) is 5.82 Å². The number of hydrogen-bond donors (Lipinski definition) is 1. The van der Waals surface area contributed by atoms with E-state index in [0.29, 0.717) is 36.1 Å². The van der Waals surface area contributed by atoms with Crippen LogP contribution in [0, 0.1) is 6.92 Å². The van der Waals surface area contributed by atoms with E-state index in [0.717, 1.165) is 12.8 Å². The fourth-order valence-electron chi connectivity index (χ4n) is 2.85. The van der Waals surface area contributed by atoms with Crippen molar-refractivity contribution in [1.29, 1.82) is 0 Å². The number of nitrogens with one attached hydrogen (secondary N) is 1. The molecule has 3 rings (SSSR count). The summed E-state index contributed by atoms with van der Waals surface area (Å²) in [6.07, 6.45) is 1.79. The van der Waals surface area contributed by atoms with Gasteiger partial charge in [-0.3, -0.25) is 0 Å². The van der Waals surface area contributed by atoms with Gasteiger partial charge >= 0.3 is 12.0 Å². The van der Waals surface area contributed by atoms with Crippen LogP contribution in [0.2, 0.25) is 0 Å². The molecule has 0 unspecified atom stereocenters. The van der Waals surface area contributed by atoms with Gasteiger partial charge in [0.05, 0.1) is 18.6 Å². The number of benzene rings is 1. The summed E-state index contributed by atoms with van der Waals surface area (Å²) in [5, 5.41) is 6.66. The third-order valence-corrected chi connectivity index (χ3v) is 4.16. The molecule has 0 radical (unpaired) electrons. The monoisotopic (exact) mass is 344 g/mol. The number of carbonyl (C=O) groups excluding carboxylic acids is 2. The zero-order chi connectivity index (χ0) is 17.8. The summed E-state index contributed by atoms with van der Waals surface area (Å²) >= 11 is 0. The summed E-state index contributed by atoms with van der Waals surface area (Å²) in [6, 6.07) is 6.38. The molecular formula is C17H20N4O4. The molecular weight excluding hydrogens is 324 g/mol. The number of urea groups is 1. The summed E-state index contributed by atoms with van der Waals surface area (Å²) in [4.78, 5) is 29.9. The Morgan fingerprint density at radius 2 is 2.08 bits per heavy atom. The highest BCUT2D eigenvalue weighted by atomic mass is 16.5. The summed E-state index contributed by atoms with van der Waals surface area (Å²) < 4.78 is 9.89. The molecule has 0 aliphatic carbocycles. The molecule has 8 nitrogen and oxygen atoms in total. The van der Waals surface area contributed by atoms with E-state index in [-0.39, 0.29) is 11.9 Å². The van der Waals surface area contributed by atoms with Gasteiger partial charge in [-0.25, -0.2) is 9.59 Å². The number of methoxy groups -OCH3 is 1. The first-order valence-electron chi connectivity index (χ1n) is 8.11. The van der Waals surface area contributed by atoms with Gasteiger partial charge in [0.1, 0.15) is 0 Å². The van der Waals surface area contributed by atoms with E-state index in [1.165, 1.54) is 7.11 Å². The molecule has 0 saturated carbocycles. The third kappa shape index (κ3) is 3.96. The number of carbonyl (C=O) groups is 2. The SMILES string of the molecule is COC(=O)c1ccc(NC(=O)N2CCC[C@@H](c3nc(C)no3)C2)cc1. The second-order valence-electron chi connectivity index (χ2n) is 5.96. The van der Waals surface area contributed by atoms with Crippen molar-refractivity contribution in [1.82, 2.24) is 15.0 Å². The molecule has 1 aromatic heterocycles. The third-order valence-electron chi connectivity index (χ3n) is 4.16. The van der Waals surface area contributed by atoms with Crippen LogP contribution in [0.25, 0.3) is 0 Å². The number of aromatic nitrogens is 2. The predicted molar refractivity (Wildman–Crippen MR) is 89.4 cm³/mol. The summed E-state index contributed by atoms with van der Waals surface area (Å²) in [6.45, 7) is 2.99. The van der Waals surface area contributed by atoms with Crippen LogP contribution in [0.15, 0.2) is 28.8 Å². The van der Waals surface area contributed by atoms with Gasteiger partial charge in [0, 0.05) is 18.8 Å². The number of hydrogen-bond acceptors (Lipinski definition) is 6. The Kier molecular flexibility index (Phi) is 4.97.